The Balaban J connectivity index is 5.18. The molecule has 0 aromatic carbocycles. The van der Waals surface area contributed by atoms with E-state index in [-0.39, 0.29) is 0 Å². The van der Waals surface area contributed by atoms with Crippen molar-refractivity contribution in [2.24, 2.45) is 10.9 Å². The summed E-state index contributed by atoms with van der Waals surface area (Å²) in [6, 6.07) is 0. The third kappa shape index (κ3) is 2.99. The van der Waals surface area contributed by atoms with Crippen LogP contribution in [-0.4, -0.2) is 12.8 Å². The number of hydrogen-bond acceptors (Lipinski definition) is 1. The minimum Gasteiger partial charge on any atom is -0.292 e. The van der Waals surface area contributed by atoms with Crippen molar-refractivity contribution in [3.8, 4) is 0 Å². The van der Waals surface area contributed by atoms with Crippen molar-refractivity contribution in [2.75, 3.05) is 7.05 Å². The smallest absolute Gasteiger partial charge is 0.0442 e. The first kappa shape index (κ1) is 12.9. The van der Waals surface area contributed by atoms with E-state index in [9.17, 15) is 0 Å². The van der Waals surface area contributed by atoms with Crippen LogP contribution in [0.25, 0.3) is 0 Å². The predicted molar refractivity (Wildman–Crippen MR) is 65.9 cm³/mol. The Morgan fingerprint density at radius 1 is 1.21 bits per heavy atom. The van der Waals surface area contributed by atoms with Gasteiger partial charge in [0.25, 0.3) is 0 Å². The van der Waals surface area contributed by atoms with Crippen LogP contribution in [0.5, 0.6) is 0 Å². The standard InChI is InChI=1S/C13H21N/c1-8-10(4)13(14-7)12(6)11(5)9(2)3/h8,10H,1-2H2,3-7H3/b12-11+,14-13?. The fraction of sp³-hybridized carbons (Fsp3) is 0.462. The molecule has 0 saturated heterocycles. The van der Waals surface area contributed by atoms with E-state index in [1.54, 1.807) is 0 Å². The molecule has 0 heterocycles. The maximum atomic E-state index is 4.31. The molecule has 0 N–H and O–H groups in total. The zero-order valence-electron chi connectivity index (χ0n) is 10.0. The predicted octanol–water partition coefficient (Wildman–Crippen LogP) is 3.79. The topological polar surface area (TPSA) is 12.4 Å². The fourth-order valence-corrected chi connectivity index (χ4v) is 1.34. The Hall–Kier alpha value is -1.11. The first-order chi connectivity index (χ1) is 6.45. The van der Waals surface area contributed by atoms with Crippen LogP contribution in [0.4, 0.5) is 0 Å². The Kier molecular flexibility index (Phi) is 5.14. The van der Waals surface area contributed by atoms with Gasteiger partial charge < -0.3 is 0 Å². The summed E-state index contributed by atoms with van der Waals surface area (Å²) in [6.45, 7) is 16.0. The van der Waals surface area contributed by atoms with Gasteiger partial charge in [-0.25, -0.2) is 0 Å². The maximum absolute atomic E-state index is 4.31. The number of rotatable bonds is 4. The molecule has 0 aromatic rings. The zero-order chi connectivity index (χ0) is 11.3. The minimum absolute atomic E-state index is 0.300. The second kappa shape index (κ2) is 5.58. The van der Waals surface area contributed by atoms with E-state index in [0.717, 1.165) is 11.3 Å². The summed E-state index contributed by atoms with van der Waals surface area (Å²) in [5.74, 6) is 0.300. The average molecular weight is 191 g/mol. The summed E-state index contributed by atoms with van der Waals surface area (Å²) in [4.78, 5) is 4.31. The van der Waals surface area contributed by atoms with Crippen LogP contribution < -0.4 is 0 Å². The highest BCUT2D eigenvalue weighted by Gasteiger charge is 2.10. The van der Waals surface area contributed by atoms with Crippen LogP contribution in [0.3, 0.4) is 0 Å². The monoisotopic (exact) mass is 191 g/mol. The lowest BCUT2D eigenvalue weighted by molar-refractivity contribution is 0.986. The Labute approximate surface area is 87.9 Å². The second-order valence-corrected chi connectivity index (χ2v) is 3.66. The van der Waals surface area contributed by atoms with Gasteiger partial charge in [0.15, 0.2) is 0 Å². The summed E-state index contributed by atoms with van der Waals surface area (Å²) < 4.78 is 0. The molecule has 0 spiro atoms. The van der Waals surface area contributed by atoms with Crippen LogP contribution >= 0.6 is 0 Å². The van der Waals surface area contributed by atoms with E-state index in [1.165, 1.54) is 11.1 Å². The molecule has 0 amide bonds. The summed E-state index contributed by atoms with van der Waals surface area (Å²) in [5, 5.41) is 0. The second-order valence-electron chi connectivity index (χ2n) is 3.66. The molecule has 0 aliphatic carbocycles. The van der Waals surface area contributed by atoms with Gasteiger partial charge in [-0.3, -0.25) is 4.99 Å². The van der Waals surface area contributed by atoms with E-state index in [1.807, 2.05) is 20.0 Å². The van der Waals surface area contributed by atoms with Gasteiger partial charge in [-0.05, 0) is 31.9 Å². The summed E-state index contributed by atoms with van der Waals surface area (Å²) in [6.07, 6.45) is 1.91. The third-order valence-electron chi connectivity index (χ3n) is 2.61. The summed E-state index contributed by atoms with van der Waals surface area (Å²) >= 11 is 0. The van der Waals surface area contributed by atoms with E-state index in [2.05, 4.69) is 38.9 Å². The largest absolute Gasteiger partial charge is 0.292 e. The lowest BCUT2D eigenvalue weighted by Gasteiger charge is -2.14. The first-order valence-electron chi connectivity index (χ1n) is 4.88. The number of allylic oxidation sites excluding steroid dienone is 4. The Bertz CT molecular complexity index is 292. The number of nitrogens with zero attached hydrogens (tertiary/aromatic N) is 1. The van der Waals surface area contributed by atoms with E-state index in [0.29, 0.717) is 5.92 Å². The van der Waals surface area contributed by atoms with Crippen LogP contribution in [0.15, 0.2) is 40.9 Å². The Morgan fingerprint density at radius 2 is 1.71 bits per heavy atom. The van der Waals surface area contributed by atoms with Crippen molar-refractivity contribution in [1.29, 1.82) is 0 Å². The SMILES string of the molecule is C=CC(C)C(=NC)/C(C)=C(\C)C(=C)C. The van der Waals surface area contributed by atoms with Gasteiger partial charge in [0.1, 0.15) is 0 Å². The number of hydrogen-bond donors (Lipinski definition) is 0. The number of aliphatic imine (C=N–C) groups is 1. The molecule has 1 unspecified atom stereocenters. The van der Waals surface area contributed by atoms with Crippen molar-refractivity contribution in [3.63, 3.8) is 0 Å². The van der Waals surface area contributed by atoms with Crippen molar-refractivity contribution in [2.45, 2.75) is 27.7 Å². The van der Waals surface area contributed by atoms with Crippen molar-refractivity contribution in [1.82, 2.24) is 0 Å². The normalized spacial score (nSPS) is 15.9. The van der Waals surface area contributed by atoms with Crippen LogP contribution in [-0.2, 0) is 0 Å². The minimum atomic E-state index is 0.300. The highest BCUT2D eigenvalue weighted by atomic mass is 14.7. The molecule has 78 valence electrons. The van der Waals surface area contributed by atoms with Gasteiger partial charge in [-0.1, -0.05) is 25.2 Å². The summed E-state index contributed by atoms with van der Waals surface area (Å²) in [5.41, 5.74) is 4.63. The van der Waals surface area contributed by atoms with Gasteiger partial charge in [0.2, 0.25) is 0 Å². The molecule has 14 heavy (non-hydrogen) atoms. The zero-order valence-corrected chi connectivity index (χ0v) is 10.0. The molecule has 1 atom stereocenters. The molecule has 1 heteroatoms. The molecule has 0 aromatic heterocycles. The molecule has 0 radical (unpaired) electrons. The van der Waals surface area contributed by atoms with Crippen LogP contribution in [0, 0.1) is 5.92 Å². The molecular weight excluding hydrogens is 170 g/mol. The van der Waals surface area contributed by atoms with E-state index < -0.39 is 0 Å². The lowest BCUT2D eigenvalue weighted by atomic mass is 9.93. The molecule has 0 aliphatic heterocycles. The van der Waals surface area contributed by atoms with Gasteiger partial charge in [-0.2, -0.15) is 0 Å². The first-order valence-corrected chi connectivity index (χ1v) is 4.88. The van der Waals surface area contributed by atoms with Crippen LogP contribution in [0.2, 0.25) is 0 Å². The third-order valence-corrected chi connectivity index (χ3v) is 2.61. The van der Waals surface area contributed by atoms with E-state index in [4.69, 9.17) is 0 Å². The van der Waals surface area contributed by atoms with Crippen LogP contribution in [0.1, 0.15) is 27.7 Å². The molecule has 0 fully saturated rings. The van der Waals surface area contributed by atoms with Gasteiger partial charge in [0.05, 0.1) is 0 Å². The van der Waals surface area contributed by atoms with Crippen molar-refractivity contribution < 1.29 is 0 Å². The van der Waals surface area contributed by atoms with Gasteiger partial charge in [-0.15, -0.1) is 6.58 Å². The van der Waals surface area contributed by atoms with E-state index >= 15 is 0 Å². The highest BCUT2D eigenvalue weighted by molar-refractivity contribution is 6.03. The molecule has 0 bridgehead atoms. The maximum Gasteiger partial charge on any atom is 0.0442 e. The molecule has 1 nitrogen and oxygen atoms in total. The quantitative estimate of drug-likeness (QED) is 0.364. The lowest BCUT2D eigenvalue weighted by Crippen LogP contribution is -2.11. The molecule has 0 rings (SSSR count). The Morgan fingerprint density at radius 3 is 2.00 bits per heavy atom. The highest BCUT2D eigenvalue weighted by Crippen LogP contribution is 2.17. The van der Waals surface area contributed by atoms with Crippen molar-refractivity contribution >= 4 is 5.71 Å². The molecular formula is C13H21N. The van der Waals surface area contributed by atoms with Gasteiger partial charge >= 0.3 is 0 Å². The fourth-order valence-electron chi connectivity index (χ4n) is 1.34. The van der Waals surface area contributed by atoms with Crippen molar-refractivity contribution in [3.05, 3.63) is 36.0 Å². The molecule has 0 aliphatic rings. The van der Waals surface area contributed by atoms with Gasteiger partial charge in [0, 0.05) is 18.7 Å². The average Bonchev–Trinajstić information content (AvgIpc) is 2.16. The molecule has 0 saturated carbocycles. The summed E-state index contributed by atoms with van der Waals surface area (Å²) in [7, 11) is 1.82.